The summed E-state index contributed by atoms with van der Waals surface area (Å²) in [4.78, 5) is 0. The van der Waals surface area contributed by atoms with Crippen molar-refractivity contribution in [3.05, 3.63) is 0 Å². The van der Waals surface area contributed by atoms with Crippen LogP contribution in [0.2, 0.25) is 0 Å². The maximum atomic E-state index is 9.02. The lowest BCUT2D eigenvalue weighted by atomic mass is 10.0. The Hall–Kier alpha value is -0.120. The summed E-state index contributed by atoms with van der Waals surface area (Å²) in [6.45, 7) is 6.16. The highest BCUT2D eigenvalue weighted by atomic mass is 16.5. The molecule has 66 valence electrons. The molecule has 0 amide bonds. The van der Waals surface area contributed by atoms with Crippen LogP contribution in [-0.2, 0) is 4.74 Å². The fourth-order valence-corrected chi connectivity index (χ4v) is 1.20. The average Bonchev–Trinajstić information content (AvgIpc) is 2.33. The number of hydrogen-bond donors (Lipinski definition) is 2. The van der Waals surface area contributed by atoms with Crippen LogP contribution in [0.15, 0.2) is 0 Å². The van der Waals surface area contributed by atoms with Gasteiger partial charge in [-0.25, -0.2) is 0 Å². The Balaban J connectivity index is 2.23. The molecule has 0 bridgehead atoms. The van der Waals surface area contributed by atoms with Crippen LogP contribution in [0.25, 0.3) is 0 Å². The predicted molar refractivity (Wildman–Crippen MR) is 43.5 cm³/mol. The molecule has 1 aliphatic heterocycles. The van der Waals surface area contributed by atoms with Gasteiger partial charge >= 0.3 is 0 Å². The van der Waals surface area contributed by atoms with Crippen molar-refractivity contribution in [2.75, 3.05) is 19.8 Å². The van der Waals surface area contributed by atoms with Crippen LogP contribution in [0.5, 0.6) is 0 Å². The zero-order valence-corrected chi connectivity index (χ0v) is 7.26. The van der Waals surface area contributed by atoms with Crippen LogP contribution in [0, 0.1) is 0 Å². The van der Waals surface area contributed by atoms with E-state index in [1.165, 1.54) is 0 Å². The number of aliphatic hydroxyl groups excluding tert-OH is 1. The number of rotatable bonds is 3. The van der Waals surface area contributed by atoms with Crippen molar-refractivity contribution >= 4 is 0 Å². The Morgan fingerprint density at radius 2 is 2.45 bits per heavy atom. The minimum absolute atomic E-state index is 0.0942. The van der Waals surface area contributed by atoms with Gasteiger partial charge in [-0.1, -0.05) is 0 Å². The summed E-state index contributed by atoms with van der Waals surface area (Å²) in [7, 11) is 0. The van der Waals surface area contributed by atoms with E-state index >= 15 is 0 Å². The quantitative estimate of drug-likeness (QED) is 0.615. The van der Waals surface area contributed by atoms with E-state index in [-0.39, 0.29) is 11.6 Å². The van der Waals surface area contributed by atoms with Crippen molar-refractivity contribution in [1.29, 1.82) is 0 Å². The summed E-state index contributed by atoms with van der Waals surface area (Å²) in [5.74, 6) is 0. The molecule has 1 heterocycles. The van der Waals surface area contributed by atoms with Gasteiger partial charge in [0.2, 0.25) is 0 Å². The summed E-state index contributed by atoms with van der Waals surface area (Å²) < 4.78 is 5.25. The number of nitrogens with one attached hydrogen (secondary N) is 1. The molecule has 0 aliphatic carbocycles. The van der Waals surface area contributed by atoms with E-state index in [1.54, 1.807) is 6.92 Å². The van der Waals surface area contributed by atoms with Crippen LogP contribution in [0.1, 0.15) is 20.3 Å². The molecule has 3 nitrogen and oxygen atoms in total. The average molecular weight is 159 g/mol. The molecule has 11 heavy (non-hydrogen) atoms. The van der Waals surface area contributed by atoms with Crippen LogP contribution in [0.4, 0.5) is 0 Å². The highest BCUT2D eigenvalue weighted by Gasteiger charge is 2.28. The van der Waals surface area contributed by atoms with Gasteiger partial charge in [-0.3, -0.25) is 0 Å². The zero-order chi connectivity index (χ0) is 8.32. The fraction of sp³-hybridized carbons (Fsp3) is 1.00. The molecule has 1 fully saturated rings. The minimum atomic E-state index is -0.271. The molecule has 0 radical (unpaired) electrons. The first-order valence-electron chi connectivity index (χ1n) is 4.13. The van der Waals surface area contributed by atoms with Crippen molar-refractivity contribution in [3.8, 4) is 0 Å². The molecule has 0 spiro atoms. The molecule has 0 saturated carbocycles. The van der Waals surface area contributed by atoms with Gasteiger partial charge in [-0.15, -0.1) is 0 Å². The van der Waals surface area contributed by atoms with E-state index in [9.17, 15) is 0 Å². The zero-order valence-electron chi connectivity index (χ0n) is 7.26. The minimum Gasteiger partial charge on any atom is -0.392 e. The smallest absolute Gasteiger partial charge is 0.0646 e. The molecule has 1 aliphatic rings. The lowest BCUT2D eigenvalue weighted by molar-refractivity contribution is 0.150. The van der Waals surface area contributed by atoms with Gasteiger partial charge in [0.05, 0.1) is 12.7 Å². The monoisotopic (exact) mass is 159 g/mol. The van der Waals surface area contributed by atoms with E-state index in [0.29, 0.717) is 6.54 Å². The van der Waals surface area contributed by atoms with Crippen LogP contribution >= 0.6 is 0 Å². The van der Waals surface area contributed by atoms with E-state index in [1.807, 2.05) is 0 Å². The Kier molecular flexibility index (Phi) is 2.87. The van der Waals surface area contributed by atoms with Gasteiger partial charge < -0.3 is 15.2 Å². The second-order valence-corrected chi connectivity index (χ2v) is 3.59. The number of aliphatic hydroxyl groups is 1. The predicted octanol–water partition coefficient (Wildman–Crippen LogP) is 0.136. The Morgan fingerprint density at radius 3 is 2.91 bits per heavy atom. The molecule has 2 N–H and O–H groups in total. The molecule has 1 rings (SSSR count). The van der Waals surface area contributed by atoms with Crippen LogP contribution in [0.3, 0.4) is 0 Å². The molecular formula is C8H17NO2. The van der Waals surface area contributed by atoms with Gasteiger partial charge in [0.1, 0.15) is 0 Å². The number of hydrogen-bond acceptors (Lipinski definition) is 3. The van der Waals surface area contributed by atoms with Crippen molar-refractivity contribution < 1.29 is 9.84 Å². The van der Waals surface area contributed by atoms with E-state index in [2.05, 4.69) is 12.2 Å². The largest absolute Gasteiger partial charge is 0.392 e. The maximum absolute atomic E-state index is 9.02. The fourth-order valence-electron chi connectivity index (χ4n) is 1.20. The van der Waals surface area contributed by atoms with E-state index in [4.69, 9.17) is 9.84 Å². The normalized spacial score (nSPS) is 34.1. The first-order valence-corrected chi connectivity index (χ1v) is 4.13. The van der Waals surface area contributed by atoms with Gasteiger partial charge in [0.25, 0.3) is 0 Å². The van der Waals surface area contributed by atoms with Gasteiger partial charge in [-0.2, -0.15) is 0 Å². The second-order valence-electron chi connectivity index (χ2n) is 3.59. The summed E-state index contributed by atoms with van der Waals surface area (Å²) in [6, 6.07) is 0. The van der Waals surface area contributed by atoms with Crippen molar-refractivity contribution in [2.45, 2.75) is 31.9 Å². The Bertz CT molecular complexity index is 119. The summed E-state index contributed by atoms with van der Waals surface area (Å²) in [5.41, 5.74) is 0.0942. The van der Waals surface area contributed by atoms with Gasteiger partial charge in [-0.05, 0) is 20.3 Å². The topological polar surface area (TPSA) is 41.5 Å². The summed E-state index contributed by atoms with van der Waals surface area (Å²) in [6.07, 6.45) is 0.770. The number of β-amino-alcohol motifs (C(OH)–C–C–N with tert-alkyl or cyclic N) is 1. The Labute approximate surface area is 67.7 Å². The standard InChI is InChI=1S/C8H17NO2/c1-7(10)5-9-8(2)3-4-11-6-8/h7,9-10H,3-6H2,1-2H3. The van der Waals surface area contributed by atoms with Crippen LogP contribution < -0.4 is 5.32 Å². The summed E-state index contributed by atoms with van der Waals surface area (Å²) in [5, 5.41) is 12.3. The van der Waals surface area contributed by atoms with Gasteiger partial charge in [0.15, 0.2) is 0 Å². The molecule has 2 unspecified atom stereocenters. The van der Waals surface area contributed by atoms with Crippen molar-refractivity contribution in [1.82, 2.24) is 5.32 Å². The van der Waals surface area contributed by atoms with Crippen molar-refractivity contribution in [3.63, 3.8) is 0 Å². The molecule has 2 atom stereocenters. The highest BCUT2D eigenvalue weighted by molar-refractivity contribution is 4.87. The third kappa shape index (κ3) is 2.77. The van der Waals surface area contributed by atoms with Gasteiger partial charge in [0, 0.05) is 18.7 Å². The number of ether oxygens (including phenoxy) is 1. The molecule has 0 aromatic heterocycles. The molecule has 3 heteroatoms. The molecule has 1 saturated heterocycles. The lowest BCUT2D eigenvalue weighted by Crippen LogP contribution is -2.45. The molecule has 0 aromatic rings. The third-order valence-corrected chi connectivity index (χ3v) is 2.04. The molecule has 0 aromatic carbocycles. The highest BCUT2D eigenvalue weighted by Crippen LogP contribution is 2.16. The van der Waals surface area contributed by atoms with E-state index in [0.717, 1.165) is 19.6 Å². The third-order valence-electron chi connectivity index (χ3n) is 2.04. The molecular weight excluding hydrogens is 142 g/mol. The first-order chi connectivity index (χ1) is 5.12. The van der Waals surface area contributed by atoms with Crippen molar-refractivity contribution in [2.24, 2.45) is 0 Å². The first kappa shape index (κ1) is 8.97. The second kappa shape index (κ2) is 3.52. The Morgan fingerprint density at radius 1 is 1.73 bits per heavy atom. The summed E-state index contributed by atoms with van der Waals surface area (Å²) >= 11 is 0. The lowest BCUT2D eigenvalue weighted by Gasteiger charge is -2.24. The SMILES string of the molecule is CC(O)CNC1(C)CCOC1. The maximum Gasteiger partial charge on any atom is 0.0646 e. The van der Waals surface area contributed by atoms with E-state index < -0.39 is 0 Å². The van der Waals surface area contributed by atoms with Crippen LogP contribution in [-0.4, -0.2) is 36.5 Å².